The lowest BCUT2D eigenvalue weighted by Crippen LogP contribution is -2.19. The second-order valence-electron chi connectivity index (χ2n) is 4.85. The van der Waals surface area contributed by atoms with Crippen LogP contribution in [-0.2, 0) is 11.3 Å². The first-order valence-electron chi connectivity index (χ1n) is 6.33. The van der Waals surface area contributed by atoms with Gasteiger partial charge in [0.25, 0.3) is 0 Å². The zero-order valence-electron chi connectivity index (χ0n) is 11.0. The summed E-state index contributed by atoms with van der Waals surface area (Å²) in [6.07, 6.45) is 0.583. The van der Waals surface area contributed by atoms with E-state index in [1.54, 1.807) is 0 Å². The zero-order valence-corrected chi connectivity index (χ0v) is 11.0. The fourth-order valence-electron chi connectivity index (χ4n) is 1.78. The van der Waals surface area contributed by atoms with Crippen LogP contribution in [0.3, 0.4) is 0 Å². The van der Waals surface area contributed by atoms with Crippen molar-refractivity contribution < 1.29 is 9.66 Å². The van der Waals surface area contributed by atoms with Crippen molar-refractivity contribution in [2.45, 2.75) is 26.9 Å². The lowest BCUT2D eigenvalue weighted by molar-refractivity contribution is -0.482. The van der Waals surface area contributed by atoms with Crippen LogP contribution in [0.15, 0.2) is 30.3 Å². The Morgan fingerprint density at radius 2 is 1.94 bits per heavy atom. The molecule has 0 saturated carbocycles. The minimum absolute atomic E-state index is 0.0253. The molecule has 0 N–H and O–H groups in total. The molecule has 100 valence electrons. The molecule has 1 aromatic rings. The molecule has 0 aliphatic rings. The van der Waals surface area contributed by atoms with Gasteiger partial charge in [0.05, 0.1) is 13.2 Å². The van der Waals surface area contributed by atoms with Gasteiger partial charge >= 0.3 is 0 Å². The first-order valence-corrected chi connectivity index (χ1v) is 6.33. The van der Waals surface area contributed by atoms with Crippen LogP contribution in [0.4, 0.5) is 0 Å². The lowest BCUT2D eigenvalue weighted by Gasteiger charge is -2.19. The summed E-state index contributed by atoms with van der Waals surface area (Å²) in [5.41, 5.74) is 1.13. The average Bonchev–Trinajstić information content (AvgIpc) is 2.34. The summed E-state index contributed by atoms with van der Waals surface area (Å²) in [7, 11) is 0. The van der Waals surface area contributed by atoms with Crippen LogP contribution in [0.2, 0.25) is 0 Å². The van der Waals surface area contributed by atoms with Crippen molar-refractivity contribution in [2.75, 3.05) is 13.2 Å². The van der Waals surface area contributed by atoms with Crippen LogP contribution >= 0.6 is 0 Å². The number of ether oxygens (including phenoxy) is 1. The highest BCUT2D eigenvalue weighted by atomic mass is 16.6. The van der Waals surface area contributed by atoms with E-state index >= 15 is 0 Å². The number of benzene rings is 1. The molecule has 0 saturated heterocycles. The molecule has 4 nitrogen and oxygen atoms in total. The molecule has 0 heterocycles. The summed E-state index contributed by atoms with van der Waals surface area (Å²) in [6.45, 7) is 5.34. The summed E-state index contributed by atoms with van der Waals surface area (Å²) in [5.74, 6) is 0.653. The van der Waals surface area contributed by atoms with Crippen molar-refractivity contribution in [1.82, 2.24) is 0 Å². The quantitative estimate of drug-likeness (QED) is 0.527. The van der Waals surface area contributed by atoms with Crippen LogP contribution in [0, 0.1) is 22.0 Å². The Labute approximate surface area is 108 Å². The van der Waals surface area contributed by atoms with Gasteiger partial charge in [0.2, 0.25) is 6.54 Å². The summed E-state index contributed by atoms with van der Waals surface area (Å²) in [5, 5.41) is 10.4. The molecule has 0 aliphatic heterocycles. The summed E-state index contributed by atoms with van der Waals surface area (Å²) in [4.78, 5) is 10.1. The maximum atomic E-state index is 10.4. The number of hydrogen-bond donors (Lipinski definition) is 0. The lowest BCUT2D eigenvalue weighted by atomic mass is 9.93. The molecule has 1 atom stereocenters. The van der Waals surface area contributed by atoms with Gasteiger partial charge in [-0.15, -0.1) is 0 Å². The van der Waals surface area contributed by atoms with E-state index in [0.717, 1.165) is 5.56 Å². The Kier molecular flexibility index (Phi) is 6.36. The molecular formula is C14H21NO3. The molecule has 1 rings (SSSR count). The third kappa shape index (κ3) is 5.77. The van der Waals surface area contributed by atoms with Crippen LogP contribution in [0.5, 0.6) is 0 Å². The summed E-state index contributed by atoms with van der Waals surface area (Å²) >= 11 is 0. The minimum atomic E-state index is -0.257. The predicted octanol–water partition coefficient (Wildman–Crippen LogP) is 3.14. The van der Waals surface area contributed by atoms with Gasteiger partial charge in [-0.2, -0.15) is 0 Å². The summed E-state index contributed by atoms with van der Waals surface area (Å²) < 4.78 is 5.65. The molecule has 0 aliphatic carbocycles. The number of hydrogen-bond acceptors (Lipinski definition) is 3. The fraction of sp³-hybridized carbons (Fsp3) is 0.571. The fourth-order valence-corrected chi connectivity index (χ4v) is 1.78. The van der Waals surface area contributed by atoms with E-state index in [4.69, 9.17) is 4.74 Å². The highest BCUT2D eigenvalue weighted by Crippen LogP contribution is 2.16. The van der Waals surface area contributed by atoms with Gasteiger partial charge in [-0.25, -0.2) is 0 Å². The van der Waals surface area contributed by atoms with E-state index in [-0.39, 0.29) is 17.4 Å². The Morgan fingerprint density at radius 1 is 1.28 bits per heavy atom. The highest BCUT2D eigenvalue weighted by Gasteiger charge is 2.16. The maximum absolute atomic E-state index is 10.4. The molecule has 1 aromatic carbocycles. The third-order valence-electron chi connectivity index (χ3n) is 3.07. The second-order valence-corrected chi connectivity index (χ2v) is 4.85. The molecule has 18 heavy (non-hydrogen) atoms. The van der Waals surface area contributed by atoms with Crippen molar-refractivity contribution >= 4 is 0 Å². The van der Waals surface area contributed by atoms with Crippen molar-refractivity contribution in [2.24, 2.45) is 11.8 Å². The van der Waals surface area contributed by atoms with E-state index in [2.05, 4.69) is 13.8 Å². The standard InChI is InChI=1S/C14H21NO3/c1-12(2)14(8-9-15(16)17)11-18-10-13-6-4-3-5-7-13/h3-7,12,14H,8-11H2,1-2H3/t14-/m1/s1. The first kappa shape index (κ1) is 14.6. The van der Waals surface area contributed by atoms with Gasteiger partial charge in [-0.1, -0.05) is 44.2 Å². The Bertz CT molecular complexity index is 351. The highest BCUT2D eigenvalue weighted by molar-refractivity contribution is 5.13. The molecule has 0 amide bonds. The molecule has 0 spiro atoms. The zero-order chi connectivity index (χ0) is 13.4. The van der Waals surface area contributed by atoms with E-state index in [1.165, 1.54) is 0 Å². The molecule has 4 heteroatoms. The number of rotatable bonds is 8. The van der Waals surface area contributed by atoms with Crippen LogP contribution in [0.25, 0.3) is 0 Å². The molecule has 0 unspecified atom stereocenters. The molecule has 0 fully saturated rings. The molecular weight excluding hydrogens is 230 g/mol. The van der Waals surface area contributed by atoms with Gasteiger partial charge < -0.3 is 4.74 Å². The summed E-state index contributed by atoms with van der Waals surface area (Å²) in [6, 6.07) is 9.96. The Balaban J connectivity index is 2.31. The SMILES string of the molecule is CC(C)[C@H](CC[N+](=O)[O-])COCc1ccccc1. The third-order valence-corrected chi connectivity index (χ3v) is 3.07. The van der Waals surface area contributed by atoms with Gasteiger partial charge in [0.1, 0.15) is 0 Å². The van der Waals surface area contributed by atoms with E-state index < -0.39 is 0 Å². The van der Waals surface area contributed by atoms with Gasteiger partial charge in [0.15, 0.2) is 0 Å². The maximum Gasteiger partial charge on any atom is 0.204 e. The Hall–Kier alpha value is -1.42. The van der Waals surface area contributed by atoms with Crippen molar-refractivity contribution in [3.05, 3.63) is 46.0 Å². The van der Waals surface area contributed by atoms with Gasteiger partial charge in [-0.05, 0) is 17.4 Å². The van der Waals surface area contributed by atoms with Crippen molar-refractivity contribution in [3.63, 3.8) is 0 Å². The number of nitro groups is 1. The number of nitrogens with zero attached hydrogens (tertiary/aromatic N) is 1. The van der Waals surface area contributed by atoms with Gasteiger partial charge in [0, 0.05) is 11.3 Å². The van der Waals surface area contributed by atoms with Crippen molar-refractivity contribution in [3.8, 4) is 0 Å². The molecule has 0 bridgehead atoms. The topological polar surface area (TPSA) is 52.4 Å². The van der Waals surface area contributed by atoms with Crippen LogP contribution < -0.4 is 0 Å². The monoisotopic (exact) mass is 251 g/mol. The largest absolute Gasteiger partial charge is 0.376 e. The van der Waals surface area contributed by atoms with E-state index in [1.807, 2.05) is 30.3 Å². The van der Waals surface area contributed by atoms with Crippen LogP contribution in [-0.4, -0.2) is 18.1 Å². The second kappa shape index (κ2) is 7.82. The normalized spacial score (nSPS) is 12.6. The minimum Gasteiger partial charge on any atom is -0.376 e. The predicted molar refractivity (Wildman–Crippen MR) is 70.9 cm³/mol. The van der Waals surface area contributed by atoms with Gasteiger partial charge in [-0.3, -0.25) is 10.1 Å². The molecule has 0 aromatic heterocycles. The molecule has 0 radical (unpaired) electrons. The van der Waals surface area contributed by atoms with E-state index in [9.17, 15) is 10.1 Å². The van der Waals surface area contributed by atoms with Crippen molar-refractivity contribution in [1.29, 1.82) is 0 Å². The average molecular weight is 251 g/mol. The van der Waals surface area contributed by atoms with E-state index in [0.29, 0.717) is 25.6 Å². The Morgan fingerprint density at radius 3 is 2.50 bits per heavy atom. The smallest absolute Gasteiger partial charge is 0.204 e. The first-order chi connectivity index (χ1) is 8.59. The van der Waals surface area contributed by atoms with Crippen LogP contribution in [0.1, 0.15) is 25.8 Å².